The Kier molecular flexibility index (Phi) is 6.00. The molecule has 0 aliphatic heterocycles. The van der Waals surface area contributed by atoms with Crippen LogP contribution in [0.5, 0.6) is 0 Å². The van der Waals surface area contributed by atoms with Crippen LogP contribution in [0, 0.1) is 23.3 Å². The molecule has 0 atom stereocenters. The van der Waals surface area contributed by atoms with Crippen molar-refractivity contribution in [2.45, 2.75) is 33.6 Å². The van der Waals surface area contributed by atoms with Gasteiger partial charge >= 0.3 is 0 Å². The van der Waals surface area contributed by atoms with Gasteiger partial charge < -0.3 is 0 Å². The quantitative estimate of drug-likeness (QED) is 0.382. The lowest BCUT2D eigenvalue weighted by Crippen LogP contribution is -2.05. The molecule has 1 rings (SSSR count). The van der Waals surface area contributed by atoms with Crippen LogP contribution in [0.25, 0.3) is 0 Å². The summed E-state index contributed by atoms with van der Waals surface area (Å²) in [5.74, 6) is -6.74. The average Bonchev–Trinajstić information content (AvgIpc) is 2.26. The highest BCUT2D eigenvalue weighted by Gasteiger charge is 2.25. The van der Waals surface area contributed by atoms with E-state index in [9.17, 15) is 17.6 Å². The minimum Gasteiger partial charge on any atom is -0.203 e. The number of halogens is 5. The van der Waals surface area contributed by atoms with Crippen LogP contribution in [0.1, 0.15) is 39.2 Å². The fourth-order valence-corrected chi connectivity index (χ4v) is 1.93. The van der Waals surface area contributed by atoms with E-state index in [1.165, 1.54) is 0 Å². The van der Waals surface area contributed by atoms with E-state index in [2.05, 4.69) is 15.9 Å². The normalized spacial score (nSPS) is 10.1. The summed E-state index contributed by atoms with van der Waals surface area (Å²) >= 11 is 2.69. The smallest absolute Gasteiger partial charge is 0.198 e. The lowest BCUT2D eigenvalue weighted by atomic mass is 10.0. The number of hydrogen-bond donors (Lipinski definition) is 0. The van der Waals surface area contributed by atoms with Gasteiger partial charge in [-0.2, -0.15) is 0 Å². The zero-order valence-corrected chi connectivity index (χ0v) is 11.1. The highest BCUT2D eigenvalue weighted by Crippen LogP contribution is 2.33. The molecule has 0 aliphatic rings. The van der Waals surface area contributed by atoms with Crippen LogP contribution in [0.3, 0.4) is 0 Å². The van der Waals surface area contributed by atoms with Crippen LogP contribution in [0.15, 0.2) is 4.47 Å². The third kappa shape index (κ3) is 2.75. The first-order chi connectivity index (χ1) is 7.37. The molecule has 16 heavy (non-hydrogen) atoms. The molecule has 0 unspecified atom stereocenters. The summed E-state index contributed by atoms with van der Waals surface area (Å²) in [4.78, 5) is 0. The van der Waals surface area contributed by atoms with E-state index >= 15 is 0 Å². The lowest BCUT2D eigenvalue weighted by molar-refractivity contribution is 0.398. The Bertz CT molecular complexity index is 346. The Balaban J connectivity index is 0.00000106. The van der Waals surface area contributed by atoms with E-state index in [0.717, 1.165) is 0 Å². The molecule has 0 N–H and O–H groups in total. The molecule has 5 heteroatoms. The Morgan fingerprint density at radius 3 is 1.56 bits per heavy atom. The Morgan fingerprint density at radius 2 is 1.19 bits per heavy atom. The van der Waals surface area contributed by atoms with E-state index < -0.39 is 29.2 Å². The Morgan fingerprint density at radius 1 is 0.812 bits per heavy atom. The van der Waals surface area contributed by atoms with Gasteiger partial charge in [0.15, 0.2) is 23.3 Å². The van der Waals surface area contributed by atoms with Gasteiger partial charge in [-0.1, -0.05) is 27.7 Å². The first-order valence-corrected chi connectivity index (χ1v) is 5.68. The van der Waals surface area contributed by atoms with Crippen LogP contribution in [0.4, 0.5) is 17.6 Å². The first kappa shape index (κ1) is 15.4. The molecular formula is C11H13BrF4. The minimum atomic E-state index is -1.79. The molecule has 0 nitrogen and oxygen atoms in total. The molecule has 92 valence electrons. The fraction of sp³-hybridized carbons (Fsp3) is 0.455. The maximum atomic E-state index is 13.1. The molecule has 0 aliphatic carbocycles. The predicted molar refractivity (Wildman–Crippen MR) is 59.4 cm³/mol. The van der Waals surface area contributed by atoms with Crippen molar-refractivity contribution in [1.29, 1.82) is 0 Å². The maximum Gasteiger partial charge on any atom is 0.198 e. The molecular weight excluding hydrogens is 288 g/mol. The van der Waals surface area contributed by atoms with Gasteiger partial charge in [0.2, 0.25) is 0 Å². The summed E-state index contributed by atoms with van der Waals surface area (Å²) in [5.41, 5.74) is -0.193. The zero-order valence-electron chi connectivity index (χ0n) is 9.47. The van der Waals surface area contributed by atoms with E-state index in [4.69, 9.17) is 0 Å². The number of rotatable bonds is 1. The van der Waals surface area contributed by atoms with Gasteiger partial charge in [0.05, 0.1) is 4.47 Å². The van der Waals surface area contributed by atoms with Crippen LogP contribution < -0.4 is 0 Å². The summed E-state index contributed by atoms with van der Waals surface area (Å²) in [6, 6.07) is 0. The molecule has 0 spiro atoms. The van der Waals surface area contributed by atoms with Crippen molar-refractivity contribution >= 4 is 15.9 Å². The Labute approximate surface area is 101 Å². The third-order valence-corrected chi connectivity index (χ3v) is 2.60. The average molecular weight is 301 g/mol. The second kappa shape index (κ2) is 6.23. The third-order valence-electron chi connectivity index (χ3n) is 1.82. The van der Waals surface area contributed by atoms with Crippen molar-refractivity contribution < 1.29 is 17.6 Å². The van der Waals surface area contributed by atoms with Gasteiger partial charge in [0, 0.05) is 5.56 Å². The molecule has 1 aromatic rings. The summed E-state index contributed by atoms with van der Waals surface area (Å²) in [6.45, 7) is 7.11. The molecule has 0 aromatic heterocycles. The van der Waals surface area contributed by atoms with Crippen LogP contribution in [0.2, 0.25) is 0 Å². The molecule has 0 saturated heterocycles. The molecule has 0 saturated carbocycles. The van der Waals surface area contributed by atoms with Gasteiger partial charge in [-0.25, -0.2) is 17.6 Å². The Hall–Kier alpha value is -0.580. The van der Waals surface area contributed by atoms with Gasteiger partial charge in [-0.3, -0.25) is 0 Å². The van der Waals surface area contributed by atoms with Crippen molar-refractivity contribution in [2.24, 2.45) is 0 Å². The van der Waals surface area contributed by atoms with Crippen LogP contribution in [-0.4, -0.2) is 0 Å². The summed E-state index contributed by atoms with van der Waals surface area (Å²) in [7, 11) is 0. The van der Waals surface area contributed by atoms with Crippen molar-refractivity contribution in [3.8, 4) is 0 Å². The second-order valence-corrected chi connectivity index (χ2v) is 3.93. The lowest BCUT2D eigenvalue weighted by Gasteiger charge is -2.11. The van der Waals surface area contributed by atoms with E-state index in [1.807, 2.05) is 13.8 Å². The SMILES string of the molecule is CC.CC(C)c1c(F)c(F)c(F)c(F)c1Br. The largest absolute Gasteiger partial charge is 0.203 e. The van der Waals surface area contributed by atoms with Crippen molar-refractivity contribution in [2.75, 3.05) is 0 Å². The molecule has 0 heterocycles. The van der Waals surface area contributed by atoms with Crippen molar-refractivity contribution in [3.05, 3.63) is 33.3 Å². The number of benzene rings is 1. The van der Waals surface area contributed by atoms with E-state index in [1.54, 1.807) is 13.8 Å². The van der Waals surface area contributed by atoms with E-state index in [0.29, 0.717) is 0 Å². The maximum absolute atomic E-state index is 13.1. The van der Waals surface area contributed by atoms with Crippen molar-refractivity contribution in [3.63, 3.8) is 0 Å². The zero-order chi connectivity index (χ0) is 13.0. The van der Waals surface area contributed by atoms with Gasteiger partial charge in [-0.15, -0.1) is 0 Å². The summed E-state index contributed by atoms with van der Waals surface area (Å²) in [5, 5.41) is 0. The van der Waals surface area contributed by atoms with E-state index in [-0.39, 0.29) is 10.0 Å². The van der Waals surface area contributed by atoms with Crippen LogP contribution >= 0.6 is 15.9 Å². The molecule has 0 bridgehead atoms. The number of hydrogen-bond acceptors (Lipinski definition) is 0. The first-order valence-electron chi connectivity index (χ1n) is 4.89. The topological polar surface area (TPSA) is 0 Å². The fourth-order valence-electron chi connectivity index (χ4n) is 1.13. The highest BCUT2D eigenvalue weighted by molar-refractivity contribution is 9.10. The molecule has 0 fully saturated rings. The second-order valence-electron chi connectivity index (χ2n) is 3.14. The molecule has 1 aromatic carbocycles. The van der Waals surface area contributed by atoms with Gasteiger partial charge in [-0.05, 0) is 21.8 Å². The molecule has 0 radical (unpaired) electrons. The molecule has 0 amide bonds. The predicted octanol–water partition coefficient (Wildman–Crippen LogP) is 5.16. The standard InChI is InChI=1S/C9H7BrF4.C2H6/c1-3(2)4-5(10)7(12)9(14)8(13)6(4)11;1-2/h3H,1-2H3;1-2H3. The van der Waals surface area contributed by atoms with Gasteiger partial charge in [0.25, 0.3) is 0 Å². The summed E-state index contributed by atoms with van der Waals surface area (Å²) in [6.07, 6.45) is 0. The van der Waals surface area contributed by atoms with Gasteiger partial charge in [0.1, 0.15) is 0 Å². The highest BCUT2D eigenvalue weighted by atomic mass is 79.9. The van der Waals surface area contributed by atoms with Crippen LogP contribution in [-0.2, 0) is 0 Å². The minimum absolute atomic E-state index is 0.193. The summed E-state index contributed by atoms with van der Waals surface area (Å²) < 4.78 is 51.2. The van der Waals surface area contributed by atoms with Crippen molar-refractivity contribution in [1.82, 2.24) is 0 Å². The monoisotopic (exact) mass is 300 g/mol.